The molecule has 0 saturated carbocycles. The molecule has 0 aromatic heterocycles. The van der Waals surface area contributed by atoms with Crippen LogP contribution in [0.25, 0.3) is 0 Å². The Morgan fingerprint density at radius 1 is 1.25 bits per heavy atom. The maximum atomic E-state index is 8.92. The van der Waals surface area contributed by atoms with Crippen molar-refractivity contribution in [2.24, 2.45) is 11.8 Å². The molecule has 0 bridgehead atoms. The van der Waals surface area contributed by atoms with Gasteiger partial charge in [0.1, 0.15) is 0 Å². The van der Waals surface area contributed by atoms with Gasteiger partial charge in [0.2, 0.25) is 0 Å². The van der Waals surface area contributed by atoms with Crippen LogP contribution in [-0.4, -0.2) is 13.1 Å². The molecule has 0 spiro atoms. The lowest BCUT2D eigenvalue weighted by atomic mass is 9.97. The maximum Gasteiger partial charge on any atom is 0.0671 e. The lowest BCUT2D eigenvalue weighted by Gasteiger charge is -2.13. The minimum absolute atomic E-state index is 0.121. The molecule has 1 aromatic carbocycles. The van der Waals surface area contributed by atoms with Gasteiger partial charge in [-0.1, -0.05) is 44.2 Å². The first kappa shape index (κ1) is 12.7. The minimum Gasteiger partial charge on any atom is -0.315 e. The van der Waals surface area contributed by atoms with Crippen LogP contribution in [0.5, 0.6) is 0 Å². The van der Waals surface area contributed by atoms with Crippen LogP contribution in [0.3, 0.4) is 0 Å². The fourth-order valence-corrected chi connectivity index (χ4v) is 1.57. The molecule has 0 aliphatic rings. The van der Waals surface area contributed by atoms with Gasteiger partial charge in [0.15, 0.2) is 0 Å². The number of nitrogens with zero attached hydrogens (tertiary/aromatic N) is 1. The summed E-state index contributed by atoms with van der Waals surface area (Å²) in [5.74, 6) is 0.546. The zero-order valence-corrected chi connectivity index (χ0v) is 10.1. The average Bonchev–Trinajstić information content (AvgIpc) is 2.30. The normalized spacial score (nSPS) is 12.4. The maximum absolute atomic E-state index is 8.92. The number of hydrogen-bond acceptors (Lipinski definition) is 2. The monoisotopic (exact) mass is 216 g/mol. The molecule has 0 amide bonds. The summed E-state index contributed by atoms with van der Waals surface area (Å²) in [5.41, 5.74) is 1.34. The second kappa shape index (κ2) is 7.03. The van der Waals surface area contributed by atoms with Crippen LogP contribution in [0.2, 0.25) is 0 Å². The van der Waals surface area contributed by atoms with Gasteiger partial charge >= 0.3 is 0 Å². The third-order valence-corrected chi connectivity index (χ3v) is 2.77. The largest absolute Gasteiger partial charge is 0.315 e. The fourth-order valence-electron chi connectivity index (χ4n) is 1.57. The van der Waals surface area contributed by atoms with Gasteiger partial charge in [0.25, 0.3) is 0 Å². The minimum atomic E-state index is 0.121. The van der Waals surface area contributed by atoms with Gasteiger partial charge in [-0.2, -0.15) is 5.26 Å². The lowest BCUT2D eigenvalue weighted by molar-refractivity contribution is 0.444. The summed E-state index contributed by atoms with van der Waals surface area (Å²) in [7, 11) is 0. The van der Waals surface area contributed by atoms with Gasteiger partial charge in [-0.15, -0.1) is 0 Å². The summed E-state index contributed by atoms with van der Waals surface area (Å²) in [6.07, 6.45) is 1.02. The van der Waals surface area contributed by atoms with Gasteiger partial charge in [-0.25, -0.2) is 0 Å². The molecule has 2 nitrogen and oxygen atoms in total. The molecule has 86 valence electrons. The van der Waals surface area contributed by atoms with Crippen LogP contribution >= 0.6 is 0 Å². The molecule has 0 aliphatic heterocycles. The third kappa shape index (κ3) is 4.46. The van der Waals surface area contributed by atoms with Crippen molar-refractivity contribution in [3.8, 4) is 6.07 Å². The number of nitrogens with one attached hydrogen (secondary N) is 1. The Balaban J connectivity index is 2.20. The smallest absolute Gasteiger partial charge is 0.0671 e. The van der Waals surface area contributed by atoms with Crippen LogP contribution in [0.1, 0.15) is 19.4 Å². The molecule has 16 heavy (non-hydrogen) atoms. The fraction of sp³-hybridized carbons (Fsp3) is 0.500. The molecule has 0 saturated heterocycles. The van der Waals surface area contributed by atoms with Crippen LogP contribution in [0.15, 0.2) is 30.3 Å². The number of hydrogen-bond donors (Lipinski definition) is 1. The first-order chi connectivity index (χ1) is 7.74. The van der Waals surface area contributed by atoms with Gasteiger partial charge < -0.3 is 5.32 Å². The van der Waals surface area contributed by atoms with E-state index in [0.29, 0.717) is 5.92 Å². The first-order valence-corrected chi connectivity index (χ1v) is 5.88. The van der Waals surface area contributed by atoms with Crippen molar-refractivity contribution in [3.05, 3.63) is 35.9 Å². The Hall–Kier alpha value is -1.33. The molecule has 1 atom stereocenters. The molecule has 0 radical (unpaired) electrons. The highest BCUT2D eigenvalue weighted by atomic mass is 14.9. The van der Waals surface area contributed by atoms with E-state index >= 15 is 0 Å². The van der Waals surface area contributed by atoms with Crippen LogP contribution < -0.4 is 5.32 Å². The molecule has 0 heterocycles. The summed E-state index contributed by atoms with van der Waals surface area (Å²) in [5, 5.41) is 12.3. The van der Waals surface area contributed by atoms with Crippen LogP contribution in [-0.2, 0) is 6.42 Å². The molecule has 2 heteroatoms. The molecule has 1 unspecified atom stereocenters. The van der Waals surface area contributed by atoms with E-state index in [1.54, 1.807) is 0 Å². The second-order valence-electron chi connectivity index (χ2n) is 4.42. The van der Waals surface area contributed by atoms with Crippen LogP contribution in [0.4, 0.5) is 0 Å². The molecule has 0 fully saturated rings. The van der Waals surface area contributed by atoms with E-state index in [2.05, 4.69) is 49.5 Å². The van der Waals surface area contributed by atoms with Crippen molar-refractivity contribution in [2.75, 3.05) is 13.1 Å². The molecule has 1 N–H and O–H groups in total. The summed E-state index contributed by atoms with van der Waals surface area (Å²) in [4.78, 5) is 0. The van der Waals surface area contributed by atoms with E-state index in [1.165, 1.54) is 5.56 Å². The average molecular weight is 216 g/mol. The molecule has 1 aromatic rings. The van der Waals surface area contributed by atoms with Crippen molar-refractivity contribution < 1.29 is 0 Å². The van der Waals surface area contributed by atoms with Crippen molar-refractivity contribution in [1.82, 2.24) is 5.32 Å². The van der Waals surface area contributed by atoms with Crippen molar-refractivity contribution in [1.29, 1.82) is 5.26 Å². The van der Waals surface area contributed by atoms with Gasteiger partial charge in [-0.05, 0) is 24.4 Å². The van der Waals surface area contributed by atoms with Gasteiger partial charge in [0, 0.05) is 6.54 Å². The Morgan fingerprint density at radius 2 is 1.94 bits per heavy atom. The highest BCUT2D eigenvalue weighted by molar-refractivity contribution is 5.14. The summed E-state index contributed by atoms with van der Waals surface area (Å²) >= 11 is 0. The van der Waals surface area contributed by atoms with E-state index in [4.69, 9.17) is 5.26 Å². The molecule has 1 rings (SSSR count). The van der Waals surface area contributed by atoms with Crippen LogP contribution in [0, 0.1) is 23.2 Å². The van der Waals surface area contributed by atoms with E-state index < -0.39 is 0 Å². The Kier molecular flexibility index (Phi) is 5.60. The van der Waals surface area contributed by atoms with Crippen molar-refractivity contribution >= 4 is 0 Å². The summed E-state index contributed by atoms with van der Waals surface area (Å²) in [6, 6.07) is 12.7. The Bertz CT molecular complexity index is 324. The van der Waals surface area contributed by atoms with Crippen molar-refractivity contribution in [3.63, 3.8) is 0 Å². The predicted octanol–water partition coefficient (Wildman–Crippen LogP) is 2.61. The van der Waals surface area contributed by atoms with Gasteiger partial charge in [-0.3, -0.25) is 0 Å². The van der Waals surface area contributed by atoms with E-state index in [1.807, 2.05) is 6.07 Å². The number of rotatable bonds is 6. The highest BCUT2D eigenvalue weighted by Gasteiger charge is 2.10. The lowest BCUT2D eigenvalue weighted by Crippen LogP contribution is -2.26. The molecular formula is C14H20N2. The zero-order chi connectivity index (χ0) is 11.8. The van der Waals surface area contributed by atoms with E-state index in [-0.39, 0.29) is 5.92 Å². The molecule has 0 aliphatic carbocycles. The van der Waals surface area contributed by atoms with Crippen molar-refractivity contribution in [2.45, 2.75) is 20.3 Å². The summed E-state index contributed by atoms with van der Waals surface area (Å²) < 4.78 is 0. The third-order valence-electron chi connectivity index (χ3n) is 2.77. The molecular weight excluding hydrogens is 196 g/mol. The number of nitriles is 1. The quantitative estimate of drug-likeness (QED) is 0.742. The number of benzene rings is 1. The van der Waals surface area contributed by atoms with Gasteiger partial charge in [0.05, 0.1) is 12.0 Å². The predicted molar refractivity (Wildman–Crippen MR) is 67.0 cm³/mol. The standard InChI is InChI=1S/C14H20N2/c1-12(2)14(10-15)11-16-9-8-13-6-4-3-5-7-13/h3-7,12,14,16H,8-9,11H2,1-2H3. The Labute approximate surface area is 98.3 Å². The second-order valence-corrected chi connectivity index (χ2v) is 4.42. The highest BCUT2D eigenvalue weighted by Crippen LogP contribution is 2.07. The van der Waals surface area contributed by atoms with E-state index in [9.17, 15) is 0 Å². The summed E-state index contributed by atoms with van der Waals surface area (Å²) in [6.45, 7) is 5.91. The van der Waals surface area contributed by atoms with E-state index in [0.717, 1.165) is 19.5 Å². The topological polar surface area (TPSA) is 35.8 Å². The SMILES string of the molecule is CC(C)C(C#N)CNCCc1ccccc1. The Morgan fingerprint density at radius 3 is 2.50 bits per heavy atom. The first-order valence-electron chi connectivity index (χ1n) is 5.88. The zero-order valence-electron chi connectivity index (χ0n) is 10.1.